The Morgan fingerprint density at radius 1 is 0.459 bits per heavy atom. The second kappa shape index (κ2) is 11.1. The van der Waals surface area contributed by atoms with Crippen LogP contribution >= 0.6 is 0 Å². The van der Waals surface area contributed by atoms with Crippen LogP contribution in [0.3, 0.4) is 0 Å². The predicted molar refractivity (Wildman–Crippen MR) is 149 cm³/mol. The molecular formula is C34H42Cl2Hf. The molecule has 2 aromatic carbocycles. The minimum absolute atomic E-state index is 0. The maximum Gasteiger partial charge on any atom is -1.00 e. The monoisotopic (exact) mass is 700 g/mol. The van der Waals surface area contributed by atoms with Gasteiger partial charge in [0.15, 0.2) is 0 Å². The van der Waals surface area contributed by atoms with Gasteiger partial charge in [-0.05, 0) is 0 Å². The molecule has 0 unspecified atom stereocenters. The van der Waals surface area contributed by atoms with Crippen molar-refractivity contribution in [2.75, 3.05) is 0 Å². The average Bonchev–Trinajstić information content (AvgIpc) is 3.22. The topological polar surface area (TPSA) is 0 Å². The molecule has 196 valence electrons. The maximum absolute atomic E-state index is 2.60. The van der Waals surface area contributed by atoms with Crippen LogP contribution in [0.4, 0.5) is 0 Å². The predicted octanol–water partition coefficient (Wildman–Crippen LogP) is 3.28. The van der Waals surface area contributed by atoms with Crippen molar-refractivity contribution in [3.63, 3.8) is 0 Å². The fourth-order valence-corrected chi connectivity index (χ4v) is 14.2. The summed E-state index contributed by atoms with van der Waals surface area (Å²) in [6, 6.07) is 19.2. The minimum atomic E-state index is -1.48. The minimum Gasteiger partial charge on any atom is -1.00 e. The number of hydrogen-bond donors (Lipinski definition) is 0. The van der Waals surface area contributed by atoms with Crippen LogP contribution in [0.15, 0.2) is 95.1 Å². The van der Waals surface area contributed by atoms with E-state index in [0.29, 0.717) is 0 Å². The average molecular weight is 700 g/mol. The SMILES string of the molecule is CC1=C[C]([Hf+2][C]2(c3ccc(C(C)(C)C)cc3)C=C(C)C(C)=C2)(c2ccc(C(C)(C)C)cc2)C=C1C.[Cl-].[Cl-]. The van der Waals surface area contributed by atoms with Gasteiger partial charge in [-0.25, -0.2) is 0 Å². The van der Waals surface area contributed by atoms with Gasteiger partial charge in [0.05, 0.1) is 0 Å². The Kier molecular flexibility index (Phi) is 9.66. The molecule has 0 spiro atoms. The summed E-state index contributed by atoms with van der Waals surface area (Å²) in [7, 11) is 0. The largest absolute Gasteiger partial charge is 1.00 e. The molecule has 0 aromatic heterocycles. The number of halogens is 2. The van der Waals surface area contributed by atoms with Crippen molar-refractivity contribution in [1.29, 1.82) is 0 Å². The van der Waals surface area contributed by atoms with E-state index in [9.17, 15) is 0 Å². The number of hydrogen-bond acceptors (Lipinski definition) is 0. The van der Waals surface area contributed by atoms with Crippen LogP contribution in [-0.2, 0) is 40.1 Å². The molecule has 0 aliphatic heterocycles. The fraction of sp³-hybridized carbons (Fsp3) is 0.412. The molecule has 0 amide bonds. The smallest absolute Gasteiger partial charge is 1.00 e. The zero-order valence-corrected chi connectivity index (χ0v) is 29.3. The van der Waals surface area contributed by atoms with Gasteiger partial charge in [0.25, 0.3) is 0 Å². The Morgan fingerprint density at radius 3 is 0.919 bits per heavy atom. The van der Waals surface area contributed by atoms with E-state index in [2.05, 4.69) is 142 Å². The van der Waals surface area contributed by atoms with Crippen molar-refractivity contribution in [1.82, 2.24) is 0 Å². The molecule has 0 nitrogen and oxygen atoms in total. The molecule has 0 saturated heterocycles. The van der Waals surface area contributed by atoms with Gasteiger partial charge in [0, 0.05) is 0 Å². The number of rotatable bonds is 4. The van der Waals surface area contributed by atoms with Crippen LogP contribution in [0.2, 0.25) is 0 Å². The second-order valence-corrected chi connectivity index (χ2v) is 19.7. The Bertz CT molecular complexity index is 1110. The van der Waals surface area contributed by atoms with Gasteiger partial charge in [-0.1, -0.05) is 0 Å². The van der Waals surface area contributed by atoms with E-state index >= 15 is 0 Å². The summed E-state index contributed by atoms with van der Waals surface area (Å²) in [6.07, 6.45) is 10.4. The first-order valence-electron chi connectivity index (χ1n) is 13.0. The second-order valence-electron chi connectivity index (χ2n) is 12.8. The Labute approximate surface area is 250 Å². The van der Waals surface area contributed by atoms with Crippen LogP contribution < -0.4 is 24.8 Å². The molecule has 0 radical (unpaired) electrons. The molecule has 37 heavy (non-hydrogen) atoms. The van der Waals surface area contributed by atoms with Crippen LogP contribution in [-0.4, -0.2) is 0 Å². The van der Waals surface area contributed by atoms with E-state index in [1.165, 1.54) is 44.5 Å². The molecule has 0 fully saturated rings. The summed E-state index contributed by atoms with van der Waals surface area (Å²) >= 11 is -1.48. The van der Waals surface area contributed by atoms with Gasteiger partial charge in [-0.15, -0.1) is 0 Å². The Balaban J connectivity index is 0.00000241. The third-order valence-electron chi connectivity index (χ3n) is 7.89. The van der Waals surface area contributed by atoms with Crippen LogP contribution in [0.25, 0.3) is 0 Å². The number of benzene rings is 2. The summed E-state index contributed by atoms with van der Waals surface area (Å²) in [6.45, 7) is 23.0. The van der Waals surface area contributed by atoms with Gasteiger partial charge in [0.2, 0.25) is 0 Å². The van der Waals surface area contributed by atoms with Gasteiger partial charge >= 0.3 is 227 Å². The fourth-order valence-electron chi connectivity index (χ4n) is 5.36. The van der Waals surface area contributed by atoms with Gasteiger partial charge in [-0.2, -0.15) is 0 Å². The first kappa shape index (κ1) is 32.1. The van der Waals surface area contributed by atoms with Gasteiger partial charge in [0.1, 0.15) is 0 Å². The van der Waals surface area contributed by atoms with E-state index in [-0.39, 0.29) is 42.0 Å². The van der Waals surface area contributed by atoms with Crippen molar-refractivity contribution in [2.45, 2.75) is 86.4 Å². The molecule has 0 heterocycles. The molecule has 3 heteroatoms. The number of allylic oxidation sites excluding steroid dienone is 8. The molecule has 2 aromatic rings. The van der Waals surface area contributed by atoms with E-state index in [1.807, 2.05) is 0 Å². The van der Waals surface area contributed by atoms with E-state index in [4.69, 9.17) is 0 Å². The summed E-state index contributed by atoms with van der Waals surface area (Å²) in [5.74, 6) is 0. The van der Waals surface area contributed by atoms with Crippen molar-refractivity contribution in [3.05, 3.63) is 117 Å². The molecule has 0 N–H and O–H groups in total. The summed E-state index contributed by atoms with van der Waals surface area (Å²) in [5.41, 5.74) is 11.9. The van der Waals surface area contributed by atoms with Crippen LogP contribution in [0, 0.1) is 0 Å². The quantitative estimate of drug-likeness (QED) is 0.431. The van der Waals surface area contributed by atoms with E-state index in [1.54, 1.807) is 0 Å². The first-order valence-corrected chi connectivity index (χ1v) is 16.5. The zero-order chi connectivity index (χ0) is 25.8. The molecule has 0 atom stereocenters. The van der Waals surface area contributed by atoms with Gasteiger partial charge in [-0.3, -0.25) is 0 Å². The molecule has 0 saturated carbocycles. The zero-order valence-electron chi connectivity index (χ0n) is 24.2. The third kappa shape index (κ3) is 6.37. The van der Waals surface area contributed by atoms with Crippen LogP contribution in [0.5, 0.6) is 0 Å². The summed E-state index contributed by atoms with van der Waals surface area (Å²) in [5, 5.41) is 0. The molecule has 0 bridgehead atoms. The van der Waals surface area contributed by atoms with Crippen molar-refractivity contribution >= 4 is 0 Å². The van der Waals surface area contributed by atoms with Crippen LogP contribution in [0.1, 0.15) is 91.5 Å². The van der Waals surface area contributed by atoms with E-state index < -0.39 is 22.9 Å². The standard InChI is InChI=1S/2C17H21.2ClH.Hf/c2*1-12-10-15(11-13(12)2)14-6-8-16(9-7-14)17(3,4)5;;;/h2*6-11H,1-5H3;2*1H;/q;;;;+2/p-2. The maximum atomic E-state index is 2.60. The Hall–Kier alpha value is -1.15. The molecule has 4 rings (SSSR count). The van der Waals surface area contributed by atoms with Crippen molar-refractivity contribution < 1.29 is 47.7 Å². The Morgan fingerprint density at radius 2 is 0.703 bits per heavy atom. The van der Waals surface area contributed by atoms with E-state index in [0.717, 1.165) is 0 Å². The van der Waals surface area contributed by atoms with Crippen molar-refractivity contribution in [2.24, 2.45) is 0 Å². The molecule has 2 aliphatic rings. The van der Waals surface area contributed by atoms with Gasteiger partial charge < -0.3 is 24.8 Å². The summed E-state index contributed by atoms with van der Waals surface area (Å²) < 4.78 is 0.121. The normalized spacial score (nSPS) is 18.0. The molecular weight excluding hydrogens is 658 g/mol. The third-order valence-corrected chi connectivity index (χ3v) is 15.0. The first-order chi connectivity index (χ1) is 16.2. The summed E-state index contributed by atoms with van der Waals surface area (Å²) in [4.78, 5) is 0. The molecule has 2 aliphatic carbocycles. The van der Waals surface area contributed by atoms with Crippen molar-refractivity contribution in [3.8, 4) is 0 Å².